The van der Waals surface area contributed by atoms with E-state index >= 15 is 4.39 Å². The summed E-state index contributed by atoms with van der Waals surface area (Å²) in [5, 5.41) is 11.3. The van der Waals surface area contributed by atoms with Gasteiger partial charge in [-0.3, -0.25) is 14.4 Å². The number of esters is 1. The highest BCUT2D eigenvalue weighted by Crippen LogP contribution is 2.71. The number of alkyl halides is 2. The second kappa shape index (κ2) is 7.20. The van der Waals surface area contributed by atoms with E-state index in [1.807, 2.05) is 0 Å². The zero-order valence-electron chi connectivity index (χ0n) is 18.7. The molecule has 0 radical (unpaired) electrons. The third kappa shape index (κ3) is 2.55. The normalized spacial score (nSPS) is 47.6. The molecule has 176 valence electrons. The van der Waals surface area contributed by atoms with Crippen molar-refractivity contribution >= 4 is 29.1 Å². The van der Waals surface area contributed by atoms with Gasteiger partial charge in [0, 0.05) is 29.6 Å². The number of allylic oxidation sites excluding steroid dienone is 4. The van der Waals surface area contributed by atoms with Gasteiger partial charge in [0.05, 0.1) is 12.0 Å². The Morgan fingerprint density at radius 1 is 1.31 bits per heavy atom. The minimum atomic E-state index is -2.24. The number of hydrogen-bond acceptors (Lipinski definition) is 5. The van der Waals surface area contributed by atoms with E-state index in [0.717, 1.165) is 6.08 Å². The predicted molar refractivity (Wildman–Crippen MR) is 113 cm³/mol. The highest BCUT2D eigenvalue weighted by Gasteiger charge is 2.77. The zero-order chi connectivity index (χ0) is 23.9. The van der Waals surface area contributed by atoms with Gasteiger partial charge in [0.15, 0.2) is 22.9 Å². The minimum absolute atomic E-state index is 0.0838. The van der Waals surface area contributed by atoms with Gasteiger partial charge in [0.25, 0.3) is 0 Å². The molecule has 3 saturated carbocycles. The molecule has 5 nitrogen and oxygen atoms in total. The predicted octanol–water partition coefficient (Wildman–Crippen LogP) is 4.01. The van der Waals surface area contributed by atoms with Gasteiger partial charge in [-0.05, 0) is 50.2 Å². The molecule has 0 aromatic rings. The number of hydrogen-bond donors (Lipinski definition) is 1. The second-order valence-corrected chi connectivity index (χ2v) is 10.6. The number of carbonyl (C=O) groups excluding carboxylic acids is 3. The van der Waals surface area contributed by atoms with Crippen molar-refractivity contribution < 1.29 is 33.0 Å². The number of aliphatic hydroxyl groups is 1. The van der Waals surface area contributed by atoms with Crippen molar-refractivity contribution in [1.82, 2.24) is 0 Å². The number of aliphatic hydroxyl groups excluding tert-OH is 1. The van der Waals surface area contributed by atoms with Crippen LogP contribution >= 0.6 is 11.6 Å². The van der Waals surface area contributed by atoms with Crippen LogP contribution in [0.15, 0.2) is 23.6 Å². The van der Waals surface area contributed by atoms with Crippen LogP contribution in [0.1, 0.15) is 53.4 Å². The van der Waals surface area contributed by atoms with Crippen molar-refractivity contribution in [2.75, 3.05) is 5.88 Å². The third-order valence-corrected chi connectivity index (χ3v) is 9.36. The van der Waals surface area contributed by atoms with Crippen molar-refractivity contribution in [2.24, 2.45) is 28.6 Å². The number of halogens is 3. The number of carbonyl (C=O) groups is 3. The number of Topliss-reactive ketones (excluding diaryl/α,β-unsaturated/α-hetero) is 1. The van der Waals surface area contributed by atoms with Crippen molar-refractivity contribution in [3.05, 3.63) is 23.6 Å². The molecule has 8 atom stereocenters. The van der Waals surface area contributed by atoms with Crippen molar-refractivity contribution in [2.45, 2.75) is 70.8 Å². The SMILES string of the molecule is CC(=O)O[C@]1(C(=O)CCl)[C@@H](C)C[C@H]2[C@@H]3CCC4=C(F)C(=O)C=C[C@]4(C)[C@@]3(F)[C@@H](O)C[C@@]21C. The molecule has 0 aromatic carbocycles. The molecule has 8 heteroatoms. The van der Waals surface area contributed by atoms with Crippen molar-refractivity contribution in [3.63, 3.8) is 0 Å². The van der Waals surface area contributed by atoms with E-state index < -0.39 is 69.3 Å². The Hall–Kier alpha value is -1.60. The lowest BCUT2D eigenvalue weighted by Crippen LogP contribution is -2.70. The number of ether oxygens (including phenoxy) is 1. The quantitative estimate of drug-likeness (QED) is 0.498. The van der Waals surface area contributed by atoms with E-state index in [4.69, 9.17) is 16.3 Å². The van der Waals surface area contributed by atoms with Gasteiger partial charge in [-0.2, -0.15) is 0 Å². The van der Waals surface area contributed by atoms with Crippen LogP contribution in [0.25, 0.3) is 0 Å². The lowest BCUT2D eigenvalue weighted by Gasteiger charge is -2.62. The summed E-state index contributed by atoms with van der Waals surface area (Å²) in [4.78, 5) is 37.2. The number of ketones is 2. The molecule has 4 aliphatic carbocycles. The highest BCUT2D eigenvalue weighted by molar-refractivity contribution is 6.29. The standard InChI is InChI=1S/C24H29ClF2O5/c1-12-9-16-14-5-6-15-20(26)17(29)7-8-21(15,3)23(14,27)18(30)10-22(16,4)24(12,19(31)11-25)32-13(2)28/h7-8,12,14,16,18,30H,5-6,9-11H2,1-4H3/t12-,14-,16-,18-,21-,22-,23-,24-/m0/s1. The van der Waals surface area contributed by atoms with E-state index in [1.165, 1.54) is 19.9 Å². The molecule has 0 spiro atoms. The van der Waals surface area contributed by atoms with E-state index in [9.17, 15) is 23.9 Å². The Bertz CT molecular complexity index is 962. The van der Waals surface area contributed by atoms with Crippen LogP contribution < -0.4 is 0 Å². The molecule has 0 saturated heterocycles. The zero-order valence-corrected chi connectivity index (χ0v) is 19.5. The fourth-order valence-corrected chi connectivity index (χ4v) is 8.00. The van der Waals surface area contributed by atoms with Gasteiger partial charge >= 0.3 is 5.97 Å². The molecule has 0 unspecified atom stereocenters. The second-order valence-electron chi connectivity index (χ2n) is 10.4. The summed E-state index contributed by atoms with van der Waals surface area (Å²) in [7, 11) is 0. The van der Waals surface area contributed by atoms with Crippen LogP contribution in [-0.4, -0.2) is 45.9 Å². The van der Waals surface area contributed by atoms with E-state index in [0.29, 0.717) is 6.42 Å². The summed E-state index contributed by atoms with van der Waals surface area (Å²) in [5.74, 6) is -4.77. The van der Waals surface area contributed by atoms with Gasteiger partial charge in [-0.1, -0.05) is 19.9 Å². The first-order valence-corrected chi connectivity index (χ1v) is 11.6. The summed E-state index contributed by atoms with van der Waals surface area (Å²) in [6.07, 6.45) is 1.49. The summed E-state index contributed by atoms with van der Waals surface area (Å²) < 4.78 is 37.6. The molecule has 1 N–H and O–H groups in total. The van der Waals surface area contributed by atoms with Crippen LogP contribution in [0.5, 0.6) is 0 Å². The molecular formula is C24H29ClF2O5. The minimum Gasteiger partial charge on any atom is -0.450 e. The first kappa shape index (κ1) is 23.6. The summed E-state index contributed by atoms with van der Waals surface area (Å²) in [6, 6.07) is 0. The molecule has 4 aliphatic rings. The van der Waals surface area contributed by atoms with Gasteiger partial charge in [-0.25, -0.2) is 8.78 Å². The molecule has 0 aliphatic heterocycles. The molecule has 32 heavy (non-hydrogen) atoms. The van der Waals surface area contributed by atoms with Crippen LogP contribution in [0.3, 0.4) is 0 Å². The Labute approximate surface area is 191 Å². The monoisotopic (exact) mass is 470 g/mol. The smallest absolute Gasteiger partial charge is 0.303 e. The van der Waals surface area contributed by atoms with E-state index in [2.05, 4.69) is 0 Å². The molecule has 0 bridgehead atoms. The highest BCUT2D eigenvalue weighted by atomic mass is 35.5. The molecule has 0 aromatic heterocycles. The number of rotatable bonds is 3. The lowest BCUT2D eigenvalue weighted by atomic mass is 9.44. The molecule has 0 amide bonds. The first-order valence-electron chi connectivity index (χ1n) is 11.1. The van der Waals surface area contributed by atoms with E-state index in [1.54, 1.807) is 13.8 Å². The maximum atomic E-state index is 17.1. The van der Waals surface area contributed by atoms with Gasteiger partial charge in [0.2, 0.25) is 5.78 Å². The largest absolute Gasteiger partial charge is 0.450 e. The van der Waals surface area contributed by atoms with Crippen LogP contribution in [0.4, 0.5) is 8.78 Å². The first-order chi connectivity index (χ1) is 14.8. The summed E-state index contributed by atoms with van der Waals surface area (Å²) in [6.45, 7) is 6.31. The Morgan fingerprint density at radius 2 is 1.97 bits per heavy atom. The van der Waals surface area contributed by atoms with E-state index in [-0.39, 0.29) is 30.7 Å². The maximum Gasteiger partial charge on any atom is 0.303 e. The average Bonchev–Trinajstić information content (AvgIpc) is 2.93. The Kier molecular flexibility index (Phi) is 5.30. The maximum absolute atomic E-state index is 17.1. The molecule has 4 rings (SSSR count). The van der Waals surface area contributed by atoms with Crippen molar-refractivity contribution in [3.8, 4) is 0 Å². The summed E-state index contributed by atoms with van der Waals surface area (Å²) >= 11 is 5.94. The summed E-state index contributed by atoms with van der Waals surface area (Å²) in [5.41, 5.74) is -6.26. The third-order valence-electron chi connectivity index (χ3n) is 9.11. The van der Waals surface area contributed by atoms with Gasteiger partial charge in [-0.15, -0.1) is 11.6 Å². The fraction of sp³-hybridized carbons (Fsp3) is 0.708. The molecule has 0 heterocycles. The Morgan fingerprint density at radius 3 is 2.56 bits per heavy atom. The van der Waals surface area contributed by atoms with Crippen LogP contribution in [0, 0.1) is 28.6 Å². The Balaban J connectivity index is 1.88. The average molecular weight is 471 g/mol. The molecular weight excluding hydrogens is 442 g/mol. The lowest BCUT2D eigenvalue weighted by molar-refractivity contribution is -0.226. The van der Waals surface area contributed by atoms with Crippen molar-refractivity contribution in [1.29, 1.82) is 0 Å². The van der Waals surface area contributed by atoms with Gasteiger partial charge < -0.3 is 9.84 Å². The van der Waals surface area contributed by atoms with Gasteiger partial charge in [0.1, 0.15) is 0 Å². The number of fused-ring (bicyclic) bond motifs is 5. The topological polar surface area (TPSA) is 80.7 Å². The van der Waals surface area contributed by atoms with Crippen LogP contribution in [0.2, 0.25) is 0 Å². The molecule has 3 fully saturated rings. The fourth-order valence-electron chi connectivity index (χ4n) is 7.80. The van der Waals surface area contributed by atoms with Crippen LogP contribution in [-0.2, 0) is 19.1 Å².